The van der Waals surface area contributed by atoms with E-state index in [1.165, 1.54) is 45.3 Å². The molecule has 0 fully saturated rings. The van der Waals surface area contributed by atoms with Crippen LogP contribution in [0.1, 0.15) is 36.8 Å². The van der Waals surface area contributed by atoms with Crippen LogP contribution in [0.3, 0.4) is 0 Å². The first-order valence-corrected chi connectivity index (χ1v) is 11.0. The van der Waals surface area contributed by atoms with Gasteiger partial charge in [0.05, 0.1) is 18.1 Å². The third-order valence-corrected chi connectivity index (χ3v) is 8.01. The summed E-state index contributed by atoms with van der Waals surface area (Å²) >= 11 is 3.13. The van der Waals surface area contributed by atoms with Crippen molar-refractivity contribution in [1.82, 2.24) is 9.97 Å². The zero-order valence-electron chi connectivity index (χ0n) is 15.9. The van der Waals surface area contributed by atoms with E-state index in [1.54, 1.807) is 0 Å². The van der Waals surface area contributed by atoms with Gasteiger partial charge < -0.3 is 11.1 Å². The van der Waals surface area contributed by atoms with Crippen molar-refractivity contribution in [2.45, 2.75) is 31.1 Å². The van der Waals surface area contributed by atoms with E-state index in [2.05, 4.69) is 36.2 Å². The van der Waals surface area contributed by atoms with E-state index in [-0.39, 0.29) is 22.8 Å². The van der Waals surface area contributed by atoms with Gasteiger partial charge in [0.2, 0.25) is 0 Å². The fourth-order valence-electron chi connectivity index (χ4n) is 2.92. The first-order chi connectivity index (χ1) is 13.4. The molecule has 29 heavy (non-hydrogen) atoms. The molecular formula is C18H19BrFN5O3S. The first kappa shape index (κ1) is 21.3. The molecule has 154 valence electrons. The van der Waals surface area contributed by atoms with Gasteiger partial charge in [-0.15, -0.1) is 0 Å². The molecule has 2 heterocycles. The normalized spacial score (nSPS) is 22.6. The number of amidine groups is 1. The number of carbonyl (C=O) groups excluding carboxylic acids is 1. The van der Waals surface area contributed by atoms with Crippen molar-refractivity contribution in [3.8, 4) is 0 Å². The number of aromatic nitrogens is 2. The fourth-order valence-corrected chi connectivity index (χ4v) is 4.81. The van der Waals surface area contributed by atoms with Crippen LogP contribution < -0.4 is 11.1 Å². The number of nitrogens with two attached hydrogens (primary N) is 1. The van der Waals surface area contributed by atoms with Crippen molar-refractivity contribution in [2.75, 3.05) is 11.1 Å². The summed E-state index contributed by atoms with van der Waals surface area (Å²) in [5.41, 5.74) is 4.82. The van der Waals surface area contributed by atoms with Gasteiger partial charge in [-0.1, -0.05) is 0 Å². The van der Waals surface area contributed by atoms with E-state index < -0.39 is 37.6 Å². The Morgan fingerprint density at radius 2 is 1.93 bits per heavy atom. The topological polar surface area (TPSA) is 127 Å². The Labute approximate surface area is 175 Å². The fraction of sp³-hybridized carbons (Fsp3) is 0.333. The number of amides is 1. The number of aliphatic imine (C=N–C) groups is 1. The molecule has 3 N–H and O–H groups in total. The number of sulfone groups is 1. The van der Waals surface area contributed by atoms with Crippen LogP contribution in [0, 0.1) is 5.82 Å². The highest BCUT2D eigenvalue weighted by molar-refractivity contribution is 9.10. The van der Waals surface area contributed by atoms with Gasteiger partial charge in [-0.05, 0) is 54.9 Å². The molecule has 0 radical (unpaired) electrons. The average Bonchev–Trinajstić information content (AvgIpc) is 2.62. The molecule has 0 aliphatic carbocycles. The van der Waals surface area contributed by atoms with Crippen LogP contribution in [-0.4, -0.2) is 40.6 Å². The second kappa shape index (κ2) is 7.13. The number of carbonyl (C=O) groups is 1. The molecule has 1 atom stereocenters. The molecule has 0 unspecified atom stereocenters. The Bertz CT molecular complexity index is 1120. The van der Waals surface area contributed by atoms with Crippen LogP contribution in [0.15, 0.2) is 40.2 Å². The summed E-state index contributed by atoms with van der Waals surface area (Å²) in [6, 6.07) is 3.85. The maximum absolute atomic E-state index is 14.6. The molecule has 1 amide bonds. The molecule has 0 bridgehead atoms. The van der Waals surface area contributed by atoms with E-state index in [9.17, 15) is 17.6 Å². The minimum atomic E-state index is -3.70. The molecule has 2 aromatic rings. The Morgan fingerprint density at radius 3 is 2.52 bits per heavy atom. The van der Waals surface area contributed by atoms with Gasteiger partial charge in [0, 0.05) is 11.3 Å². The van der Waals surface area contributed by atoms with E-state index in [0.29, 0.717) is 4.60 Å². The molecule has 11 heteroatoms. The highest BCUT2D eigenvalue weighted by Crippen LogP contribution is 2.38. The molecule has 1 aliphatic rings. The van der Waals surface area contributed by atoms with Crippen molar-refractivity contribution in [3.05, 3.63) is 52.3 Å². The Morgan fingerprint density at radius 1 is 1.24 bits per heavy atom. The van der Waals surface area contributed by atoms with Gasteiger partial charge >= 0.3 is 0 Å². The number of hydrogen-bond acceptors (Lipinski definition) is 7. The summed E-state index contributed by atoms with van der Waals surface area (Å²) in [6.45, 7) is 4.43. The summed E-state index contributed by atoms with van der Waals surface area (Å²) in [4.78, 5) is 24.5. The number of hydrogen-bond donors (Lipinski definition) is 2. The lowest BCUT2D eigenvalue weighted by atomic mass is 9.92. The van der Waals surface area contributed by atoms with Crippen LogP contribution in [0.25, 0.3) is 0 Å². The minimum absolute atomic E-state index is 0.0132. The molecule has 0 saturated heterocycles. The van der Waals surface area contributed by atoms with Crippen LogP contribution >= 0.6 is 15.9 Å². The molecule has 0 saturated carbocycles. The summed E-state index contributed by atoms with van der Waals surface area (Å²) in [7, 11) is -3.70. The highest BCUT2D eigenvalue weighted by atomic mass is 79.9. The Hall–Kier alpha value is -2.40. The molecule has 3 rings (SSSR count). The monoisotopic (exact) mass is 483 g/mol. The van der Waals surface area contributed by atoms with Crippen LogP contribution in [0.2, 0.25) is 0 Å². The second-order valence-electron chi connectivity index (χ2n) is 7.41. The van der Waals surface area contributed by atoms with Crippen molar-refractivity contribution >= 4 is 43.2 Å². The predicted molar refractivity (Wildman–Crippen MR) is 111 cm³/mol. The van der Waals surface area contributed by atoms with E-state index in [0.717, 1.165) is 6.07 Å². The second-order valence-corrected chi connectivity index (χ2v) is 10.8. The SMILES string of the molecule is CC1(C)C(N)=N[C@](C)(c2cc(NC(=O)c3cnc(Br)cn3)ccc2F)CS1(=O)=O. The minimum Gasteiger partial charge on any atom is -0.386 e. The first-order valence-electron chi connectivity index (χ1n) is 8.53. The highest BCUT2D eigenvalue weighted by Gasteiger charge is 2.49. The number of halogens is 2. The third-order valence-electron chi connectivity index (χ3n) is 4.89. The maximum atomic E-state index is 14.6. The van der Waals surface area contributed by atoms with Gasteiger partial charge in [-0.3, -0.25) is 9.79 Å². The number of nitrogens with zero attached hydrogens (tertiary/aromatic N) is 3. The van der Waals surface area contributed by atoms with Crippen molar-refractivity contribution in [2.24, 2.45) is 10.7 Å². The zero-order valence-corrected chi connectivity index (χ0v) is 18.3. The standard InChI is InChI=1S/C18H19BrFN5O3S/c1-17(2)16(21)25-18(3,9-29(17,27)28)11-6-10(4-5-12(11)20)24-15(26)13-7-23-14(19)8-22-13/h4-8H,9H2,1-3H3,(H2,21,25)(H,24,26)/t18-/m0/s1. The smallest absolute Gasteiger partial charge is 0.275 e. The van der Waals surface area contributed by atoms with Crippen LogP contribution in [-0.2, 0) is 15.4 Å². The quantitative estimate of drug-likeness (QED) is 0.689. The predicted octanol–water partition coefficient (Wildman–Crippen LogP) is 2.41. The van der Waals surface area contributed by atoms with Gasteiger partial charge in [0.15, 0.2) is 9.84 Å². The van der Waals surface area contributed by atoms with Crippen LogP contribution in [0.4, 0.5) is 10.1 Å². The molecule has 1 aliphatic heterocycles. The van der Waals surface area contributed by atoms with Crippen molar-refractivity contribution < 1.29 is 17.6 Å². The molecular weight excluding hydrogens is 465 g/mol. The van der Waals surface area contributed by atoms with Gasteiger partial charge in [-0.25, -0.2) is 22.8 Å². The Balaban J connectivity index is 1.98. The number of nitrogens with one attached hydrogen (secondary N) is 1. The molecule has 1 aromatic heterocycles. The molecule has 0 spiro atoms. The number of benzene rings is 1. The number of anilines is 1. The largest absolute Gasteiger partial charge is 0.386 e. The van der Waals surface area contributed by atoms with Crippen LogP contribution in [0.5, 0.6) is 0 Å². The lowest BCUT2D eigenvalue weighted by molar-refractivity contribution is 0.102. The average molecular weight is 484 g/mol. The summed E-state index contributed by atoms with van der Waals surface area (Å²) in [5.74, 6) is -1.71. The lowest BCUT2D eigenvalue weighted by Gasteiger charge is -2.38. The molecule has 8 nitrogen and oxygen atoms in total. The summed E-state index contributed by atoms with van der Waals surface area (Å²) < 4.78 is 39.2. The van der Waals surface area contributed by atoms with Gasteiger partial charge in [0.25, 0.3) is 5.91 Å². The maximum Gasteiger partial charge on any atom is 0.275 e. The summed E-state index contributed by atoms with van der Waals surface area (Å²) in [6.07, 6.45) is 2.66. The van der Waals surface area contributed by atoms with E-state index in [4.69, 9.17) is 5.73 Å². The molecule has 1 aromatic carbocycles. The van der Waals surface area contributed by atoms with Gasteiger partial charge in [0.1, 0.15) is 32.2 Å². The van der Waals surface area contributed by atoms with E-state index >= 15 is 0 Å². The summed E-state index contributed by atoms with van der Waals surface area (Å²) in [5, 5.41) is 2.60. The van der Waals surface area contributed by atoms with Gasteiger partial charge in [-0.2, -0.15) is 0 Å². The Kier molecular flexibility index (Phi) is 5.24. The third kappa shape index (κ3) is 3.88. The number of rotatable bonds is 3. The van der Waals surface area contributed by atoms with Crippen molar-refractivity contribution in [3.63, 3.8) is 0 Å². The zero-order chi connectivity index (χ0) is 21.6. The van der Waals surface area contributed by atoms with E-state index in [1.807, 2.05) is 0 Å². The lowest BCUT2D eigenvalue weighted by Crippen LogP contribution is -2.55. The van der Waals surface area contributed by atoms with Crippen molar-refractivity contribution in [1.29, 1.82) is 0 Å².